The Balaban J connectivity index is 1.51. The van der Waals surface area contributed by atoms with Crippen molar-refractivity contribution in [2.24, 2.45) is 17.8 Å². The van der Waals surface area contributed by atoms with Gasteiger partial charge in [0.15, 0.2) is 5.41 Å². The predicted molar refractivity (Wildman–Crippen MR) is 123 cm³/mol. The molecule has 2 fully saturated rings. The summed E-state index contributed by atoms with van der Waals surface area (Å²) in [5.74, 6) is -8.11. The molecule has 0 bridgehead atoms. The molecule has 0 amide bonds. The van der Waals surface area contributed by atoms with Crippen molar-refractivity contribution in [3.8, 4) is 17.2 Å². The number of nitrogens with zero attached hydrogens (tertiary/aromatic N) is 3. The predicted octanol–water partition coefficient (Wildman–Crippen LogP) is 4.10. The van der Waals surface area contributed by atoms with Crippen LogP contribution in [0, 0.1) is 29.1 Å². The zero-order valence-corrected chi connectivity index (χ0v) is 19.4. The van der Waals surface area contributed by atoms with E-state index in [1.54, 1.807) is 49.5 Å². The number of hydrogen-bond acceptors (Lipinski definition) is 7. The molecule has 2 aromatic heterocycles. The lowest BCUT2D eigenvalue weighted by Crippen LogP contribution is -2.56. The second-order valence-corrected chi connectivity index (χ2v) is 9.32. The smallest absolute Gasteiger partial charge is 0.434 e. The number of aromatic nitrogens is 3. The van der Waals surface area contributed by atoms with E-state index in [9.17, 15) is 14.9 Å². The average molecular weight is 492 g/mol. The number of alkyl halides is 2. The zero-order valence-electron chi connectivity index (χ0n) is 19.4. The van der Waals surface area contributed by atoms with Gasteiger partial charge in [0.2, 0.25) is 5.89 Å². The van der Waals surface area contributed by atoms with Gasteiger partial charge in [0.25, 0.3) is 5.92 Å². The van der Waals surface area contributed by atoms with Crippen LogP contribution in [0.5, 0.6) is 0 Å². The average Bonchev–Trinajstić information content (AvgIpc) is 3.40. The first-order chi connectivity index (χ1) is 17.2. The van der Waals surface area contributed by atoms with Crippen molar-refractivity contribution >= 4 is 12.0 Å². The Morgan fingerprint density at radius 2 is 1.97 bits per heavy atom. The van der Waals surface area contributed by atoms with Crippen molar-refractivity contribution in [1.82, 2.24) is 15.2 Å². The monoisotopic (exact) mass is 492 g/mol. The lowest BCUT2D eigenvalue weighted by molar-refractivity contribution is -0.159. The van der Waals surface area contributed by atoms with E-state index in [1.807, 2.05) is 12.1 Å². The number of cyclic esters (lactones) is 1. The summed E-state index contributed by atoms with van der Waals surface area (Å²) in [6.07, 6.45) is 3.29. The molecule has 3 aromatic rings. The van der Waals surface area contributed by atoms with Crippen molar-refractivity contribution in [2.75, 3.05) is 0 Å². The summed E-state index contributed by atoms with van der Waals surface area (Å²) in [4.78, 5) is 29.0. The van der Waals surface area contributed by atoms with Gasteiger partial charge in [-0.05, 0) is 31.1 Å². The van der Waals surface area contributed by atoms with E-state index in [4.69, 9.17) is 9.15 Å². The summed E-state index contributed by atoms with van der Waals surface area (Å²) in [5.41, 5.74) is 0.635. The molecule has 8 nitrogen and oxygen atoms in total. The number of esters is 1. The van der Waals surface area contributed by atoms with Gasteiger partial charge in [-0.3, -0.25) is 9.78 Å². The molecule has 1 N–H and O–H groups in total. The molecule has 0 unspecified atom stereocenters. The van der Waals surface area contributed by atoms with E-state index < -0.39 is 53.3 Å². The fourth-order valence-electron chi connectivity index (χ4n) is 5.56. The number of aromatic amines is 1. The van der Waals surface area contributed by atoms with Gasteiger partial charge in [0.05, 0.1) is 17.3 Å². The standard InChI is InChI=1S/C26H22F2N4O4/c1-14-19(10-9-18-8-7-17(12-30-18)20-6-4-3-5-16(20)11-29)21-15(2)35-23(33)25(21,13-26(14,27)28)22-31-32-24(34)36-22/h3-10,12,14-15,19,21H,13H2,1-2H3,(H,32,34)/t14-,15+,19-,21-,25+/m0/s1. The van der Waals surface area contributed by atoms with Gasteiger partial charge in [0, 0.05) is 35.6 Å². The molecule has 1 saturated carbocycles. The summed E-state index contributed by atoms with van der Waals surface area (Å²) in [7, 11) is 0. The van der Waals surface area contributed by atoms with Crippen LogP contribution in [0.1, 0.15) is 37.4 Å². The van der Waals surface area contributed by atoms with E-state index in [2.05, 4.69) is 21.3 Å². The molecule has 1 aliphatic heterocycles. The van der Waals surface area contributed by atoms with Gasteiger partial charge >= 0.3 is 11.7 Å². The van der Waals surface area contributed by atoms with Crippen LogP contribution >= 0.6 is 0 Å². The Labute approximate surface area is 204 Å². The number of hydrogen-bond donors (Lipinski definition) is 1. The zero-order chi connectivity index (χ0) is 25.7. The summed E-state index contributed by atoms with van der Waals surface area (Å²) in [6, 6.07) is 12.8. The van der Waals surface area contributed by atoms with Gasteiger partial charge in [0.1, 0.15) is 6.10 Å². The van der Waals surface area contributed by atoms with Crippen molar-refractivity contribution in [3.63, 3.8) is 0 Å². The minimum atomic E-state index is -3.26. The van der Waals surface area contributed by atoms with Crippen LogP contribution in [0.2, 0.25) is 0 Å². The molecule has 184 valence electrons. The van der Waals surface area contributed by atoms with Gasteiger partial charge < -0.3 is 9.15 Å². The molecule has 1 aliphatic carbocycles. The Bertz CT molecular complexity index is 1440. The first-order valence-corrected chi connectivity index (χ1v) is 11.5. The SMILES string of the molecule is C[C@H]1OC(=O)[C@]2(c3n[nH]c(=O)o3)CC(F)(F)[C@@H](C)[C@H](C=Cc3ccc(-c4ccccc4C#N)cn3)[C@H]12. The molecule has 5 rings (SSSR count). The maximum atomic E-state index is 15.3. The van der Waals surface area contributed by atoms with Gasteiger partial charge in [-0.15, -0.1) is 5.10 Å². The van der Waals surface area contributed by atoms with Gasteiger partial charge in [-0.1, -0.05) is 37.3 Å². The molecule has 3 heterocycles. The summed E-state index contributed by atoms with van der Waals surface area (Å²) in [6.45, 7) is 3.08. The number of benzene rings is 1. The van der Waals surface area contributed by atoms with Crippen molar-refractivity contribution in [2.45, 2.75) is 37.7 Å². The van der Waals surface area contributed by atoms with Crippen LogP contribution in [-0.4, -0.2) is 33.2 Å². The Hall–Kier alpha value is -4.13. The number of nitrogens with one attached hydrogen (secondary N) is 1. The number of carbonyl (C=O) groups is 1. The number of pyridine rings is 1. The third-order valence-corrected chi connectivity index (χ3v) is 7.36. The maximum Gasteiger partial charge on any atom is 0.434 e. The van der Waals surface area contributed by atoms with E-state index >= 15 is 8.78 Å². The minimum Gasteiger partial charge on any atom is -0.461 e. The number of carbonyl (C=O) groups excluding carboxylic acids is 1. The van der Waals surface area contributed by atoms with E-state index in [1.165, 1.54) is 6.92 Å². The molecule has 0 spiro atoms. The highest BCUT2D eigenvalue weighted by atomic mass is 19.3. The van der Waals surface area contributed by atoms with Gasteiger partial charge in [-0.2, -0.15) is 5.26 Å². The molecule has 36 heavy (non-hydrogen) atoms. The number of halogens is 2. The van der Waals surface area contributed by atoms with E-state index in [0.717, 1.165) is 11.1 Å². The molecule has 1 saturated heterocycles. The van der Waals surface area contributed by atoms with Crippen LogP contribution in [0.15, 0.2) is 57.9 Å². The topological polar surface area (TPSA) is 122 Å². The van der Waals surface area contributed by atoms with Crippen molar-refractivity contribution in [3.05, 3.63) is 76.4 Å². The fourth-order valence-corrected chi connectivity index (χ4v) is 5.56. The number of ether oxygens (including phenoxy) is 1. The normalized spacial score (nSPS) is 29.0. The van der Waals surface area contributed by atoms with Crippen molar-refractivity contribution < 1.29 is 22.7 Å². The highest BCUT2D eigenvalue weighted by Gasteiger charge is 2.71. The molecule has 2 aliphatic rings. The van der Waals surface area contributed by atoms with Crippen LogP contribution in [-0.2, 0) is 14.9 Å². The Morgan fingerprint density at radius 3 is 2.64 bits per heavy atom. The van der Waals surface area contributed by atoms with Crippen LogP contribution in [0.25, 0.3) is 17.2 Å². The molecule has 0 radical (unpaired) electrons. The quantitative estimate of drug-likeness (QED) is 0.544. The number of fused-ring (bicyclic) bond motifs is 1. The van der Waals surface area contributed by atoms with E-state index in [0.29, 0.717) is 11.3 Å². The number of nitriles is 1. The number of allylic oxidation sites excluding steroid dienone is 1. The molecule has 10 heteroatoms. The summed E-state index contributed by atoms with van der Waals surface area (Å²) >= 11 is 0. The first kappa shape index (κ1) is 23.6. The third kappa shape index (κ3) is 3.63. The molecular weight excluding hydrogens is 470 g/mol. The molecular formula is C26H22F2N4O4. The van der Waals surface area contributed by atoms with Crippen LogP contribution in [0.4, 0.5) is 8.78 Å². The van der Waals surface area contributed by atoms with Crippen LogP contribution in [0.3, 0.4) is 0 Å². The second-order valence-electron chi connectivity index (χ2n) is 9.32. The minimum absolute atomic E-state index is 0.379. The first-order valence-electron chi connectivity index (χ1n) is 11.5. The summed E-state index contributed by atoms with van der Waals surface area (Å²) in [5, 5.41) is 15.2. The fraction of sp³-hybridized carbons (Fsp3) is 0.346. The second kappa shape index (κ2) is 8.52. The van der Waals surface area contributed by atoms with E-state index in [-0.39, 0.29) is 5.89 Å². The highest BCUT2D eigenvalue weighted by molar-refractivity contribution is 5.85. The Morgan fingerprint density at radius 1 is 1.19 bits per heavy atom. The lowest BCUT2D eigenvalue weighted by atomic mass is 9.56. The maximum absolute atomic E-state index is 15.3. The van der Waals surface area contributed by atoms with Gasteiger partial charge in [-0.25, -0.2) is 18.7 Å². The largest absolute Gasteiger partial charge is 0.461 e. The molecule has 1 aromatic carbocycles. The third-order valence-electron chi connectivity index (χ3n) is 7.36. The Kier molecular flexibility index (Phi) is 5.58. The highest BCUT2D eigenvalue weighted by Crippen LogP contribution is 2.59. The lowest BCUT2D eigenvalue weighted by Gasteiger charge is -2.46. The number of H-pyrrole nitrogens is 1. The van der Waals surface area contributed by atoms with Crippen LogP contribution < -0.4 is 5.76 Å². The molecule has 5 atom stereocenters. The summed E-state index contributed by atoms with van der Waals surface area (Å²) < 4.78 is 41.1. The number of rotatable bonds is 4. The van der Waals surface area contributed by atoms with Crippen molar-refractivity contribution in [1.29, 1.82) is 5.26 Å².